The molecule has 2 amide bonds. The Hall–Kier alpha value is -4.38. The van der Waals surface area contributed by atoms with E-state index in [-0.39, 0.29) is 29.1 Å². The van der Waals surface area contributed by atoms with Crippen molar-refractivity contribution in [1.82, 2.24) is 10.2 Å². The van der Waals surface area contributed by atoms with E-state index < -0.39 is 10.8 Å². The molecule has 0 spiro atoms. The van der Waals surface area contributed by atoms with Crippen LogP contribution in [-0.2, 0) is 0 Å². The monoisotopic (exact) mass is 449 g/mol. The van der Waals surface area contributed by atoms with Gasteiger partial charge in [0, 0.05) is 33.8 Å². The van der Waals surface area contributed by atoms with E-state index in [1.165, 1.54) is 41.7 Å². The Labute approximate surface area is 185 Å². The van der Waals surface area contributed by atoms with E-state index in [1.807, 2.05) is 13.0 Å². The number of benzene rings is 2. The summed E-state index contributed by atoms with van der Waals surface area (Å²) < 4.78 is 5.42. The standard InChI is InChI=1S/C21H15N5O5S/c1-12-5-10-17(32-12)19(28)22-15-4-2-3-14(11-15)18(27)23-21-25-24-20(31-21)13-6-8-16(9-7-13)26(29)30/h2-11H,1H3,(H,22,28)(H,23,25,27). The predicted octanol–water partition coefficient (Wildman–Crippen LogP) is 4.52. The fourth-order valence-corrected chi connectivity index (χ4v) is 3.54. The van der Waals surface area contributed by atoms with Crippen molar-refractivity contribution in [3.8, 4) is 11.5 Å². The average Bonchev–Trinajstić information content (AvgIpc) is 3.43. The summed E-state index contributed by atoms with van der Waals surface area (Å²) in [5, 5.41) is 23.6. The van der Waals surface area contributed by atoms with Gasteiger partial charge in [0.1, 0.15) is 0 Å². The molecule has 0 fully saturated rings. The van der Waals surface area contributed by atoms with Gasteiger partial charge in [-0.25, -0.2) is 0 Å². The van der Waals surface area contributed by atoms with Gasteiger partial charge in [0.05, 0.1) is 9.80 Å². The van der Waals surface area contributed by atoms with Crippen LogP contribution in [-0.4, -0.2) is 26.9 Å². The van der Waals surface area contributed by atoms with Crippen LogP contribution in [0.3, 0.4) is 0 Å². The second-order valence-electron chi connectivity index (χ2n) is 6.62. The number of aryl methyl sites for hydroxylation is 1. The van der Waals surface area contributed by atoms with Crippen molar-refractivity contribution < 1.29 is 18.9 Å². The third-order valence-electron chi connectivity index (χ3n) is 4.32. The Morgan fingerprint density at radius 2 is 1.78 bits per heavy atom. The lowest BCUT2D eigenvalue weighted by Crippen LogP contribution is -2.14. The molecule has 4 rings (SSSR count). The zero-order chi connectivity index (χ0) is 22.7. The van der Waals surface area contributed by atoms with Crippen LogP contribution in [0.2, 0.25) is 0 Å². The summed E-state index contributed by atoms with van der Waals surface area (Å²) in [7, 11) is 0. The van der Waals surface area contributed by atoms with Crippen LogP contribution in [0.15, 0.2) is 65.1 Å². The van der Waals surface area contributed by atoms with Crippen molar-refractivity contribution in [3.05, 3.63) is 86.1 Å². The summed E-state index contributed by atoms with van der Waals surface area (Å²) in [6.45, 7) is 1.91. The number of nitrogens with zero attached hydrogens (tertiary/aromatic N) is 3. The van der Waals surface area contributed by atoms with Gasteiger partial charge in [0.25, 0.3) is 17.5 Å². The summed E-state index contributed by atoms with van der Waals surface area (Å²) in [6, 6.07) is 15.5. The van der Waals surface area contributed by atoms with Crippen LogP contribution in [0.1, 0.15) is 24.9 Å². The van der Waals surface area contributed by atoms with Gasteiger partial charge >= 0.3 is 6.01 Å². The van der Waals surface area contributed by atoms with Crippen molar-refractivity contribution in [2.75, 3.05) is 10.6 Å². The van der Waals surface area contributed by atoms with Gasteiger partial charge in [-0.15, -0.1) is 16.4 Å². The first-order valence-electron chi connectivity index (χ1n) is 9.26. The number of non-ortho nitro benzene ring substituents is 1. The third kappa shape index (κ3) is 4.68. The highest BCUT2D eigenvalue weighted by molar-refractivity contribution is 7.14. The molecule has 2 aromatic carbocycles. The highest BCUT2D eigenvalue weighted by atomic mass is 32.1. The second-order valence-corrected chi connectivity index (χ2v) is 7.90. The van der Waals surface area contributed by atoms with Crippen molar-refractivity contribution >= 4 is 40.5 Å². The molecule has 0 saturated heterocycles. The predicted molar refractivity (Wildman–Crippen MR) is 118 cm³/mol. The van der Waals surface area contributed by atoms with Gasteiger partial charge in [-0.1, -0.05) is 11.2 Å². The SMILES string of the molecule is Cc1ccc(C(=O)Nc2cccc(C(=O)Nc3nnc(-c4ccc([N+](=O)[O-])cc4)o3)c2)s1. The number of nitrogens with one attached hydrogen (secondary N) is 2. The molecule has 10 nitrogen and oxygen atoms in total. The summed E-state index contributed by atoms with van der Waals surface area (Å²) in [5.74, 6) is -0.667. The summed E-state index contributed by atoms with van der Waals surface area (Å²) in [6.07, 6.45) is 0. The molecule has 32 heavy (non-hydrogen) atoms. The highest BCUT2D eigenvalue weighted by Crippen LogP contribution is 2.23. The number of rotatable bonds is 6. The van der Waals surface area contributed by atoms with Gasteiger partial charge in [0.15, 0.2) is 0 Å². The van der Waals surface area contributed by atoms with Crippen LogP contribution in [0.25, 0.3) is 11.5 Å². The largest absolute Gasteiger partial charge is 0.403 e. The topological polar surface area (TPSA) is 140 Å². The molecule has 0 saturated carbocycles. The van der Waals surface area contributed by atoms with Gasteiger partial charge in [-0.05, 0) is 49.4 Å². The number of hydrogen-bond acceptors (Lipinski definition) is 8. The van der Waals surface area contributed by atoms with E-state index in [0.29, 0.717) is 16.1 Å². The minimum absolute atomic E-state index is 0.0667. The summed E-state index contributed by atoms with van der Waals surface area (Å²) in [5.41, 5.74) is 1.14. The van der Waals surface area contributed by atoms with E-state index >= 15 is 0 Å². The third-order valence-corrected chi connectivity index (χ3v) is 5.32. The van der Waals surface area contributed by atoms with Crippen molar-refractivity contribution in [3.63, 3.8) is 0 Å². The smallest absolute Gasteiger partial charge is 0.322 e. The molecule has 160 valence electrons. The van der Waals surface area contributed by atoms with Gasteiger partial charge < -0.3 is 9.73 Å². The maximum atomic E-state index is 12.6. The van der Waals surface area contributed by atoms with Crippen LogP contribution in [0, 0.1) is 17.0 Å². The van der Waals surface area contributed by atoms with E-state index in [4.69, 9.17) is 4.42 Å². The van der Waals surface area contributed by atoms with E-state index in [9.17, 15) is 19.7 Å². The molecule has 0 atom stereocenters. The number of carbonyl (C=O) groups is 2. The normalized spacial score (nSPS) is 10.5. The quantitative estimate of drug-likeness (QED) is 0.326. The van der Waals surface area contributed by atoms with Crippen LogP contribution >= 0.6 is 11.3 Å². The van der Waals surface area contributed by atoms with E-state index in [2.05, 4.69) is 20.8 Å². The Morgan fingerprint density at radius 1 is 1.00 bits per heavy atom. The first kappa shape index (κ1) is 20.9. The fourth-order valence-electron chi connectivity index (χ4n) is 2.77. The molecule has 0 unspecified atom stereocenters. The highest BCUT2D eigenvalue weighted by Gasteiger charge is 2.15. The minimum Gasteiger partial charge on any atom is -0.403 e. The second kappa shape index (κ2) is 8.78. The molecule has 0 radical (unpaired) electrons. The van der Waals surface area contributed by atoms with E-state index in [0.717, 1.165) is 4.88 Å². The molecule has 11 heteroatoms. The van der Waals surface area contributed by atoms with Gasteiger partial charge in [0.2, 0.25) is 5.89 Å². The van der Waals surface area contributed by atoms with Crippen molar-refractivity contribution in [2.45, 2.75) is 6.92 Å². The number of thiophene rings is 1. The molecular formula is C21H15N5O5S. The van der Waals surface area contributed by atoms with Crippen LogP contribution in [0.4, 0.5) is 17.4 Å². The number of nitro groups is 1. The molecule has 0 aliphatic heterocycles. The van der Waals surface area contributed by atoms with Crippen molar-refractivity contribution in [2.24, 2.45) is 0 Å². The van der Waals surface area contributed by atoms with Crippen LogP contribution in [0.5, 0.6) is 0 Å². The Kier molecular flexibility index (Phi) is 5.73. The lowest BCUT2D eigenvalue weighted by atomic mass is 10.2. The number of nitro benzene ring substituents is 1. The first-order valence-corrected chi connectivity index (χ1v) is 10.1. The summed E-state index contributed by atoms with van der Waals surface area (Å²) >= 11 is 1.38. The van der Waals surface area contributed by atoms with E-state index in [1.54, 1.807) is 24.3 Å². The summed E-state index contributed by atoms with van der Waals surface area (Å²) in [4.78, 5) is 36.7. The average molecular weight is 449 g/mol. The zero-order valence-corrected chi connectivity index (χ0v) is 17.4. The fraction of sp³-hybridized carbons (Fsp3) is 0.0476. The zero-order valence-electron chi connectivity index (χ0n) is 16.6. The molecule has 2 heterocycles. The number of carbonyl (C=O) groups excluding carboxylic acids is 2. The maximum absolute atomic E-state index is 12.6. The number of hydrogen-bond donors (Lipinski definition) is 2. The van der Waals surface area contributed by atoms with Gasteiger partial charge in [-0.3, -0.25) is 25.0 Å². The van der Waals surface area contributed by atoms with Crippen molar-refractivity contribution in [1.29, 1.82) is 0 Å². The lowest BCUT2D eigenvalue weighted by Gasteiger charge is -2.06. The molecule has 2 N–H and O–H groups in total. The minimum atomic E-state index is -0.513. The Balaban J connectivity index is 1.43. The van der Waals surface area contributed by atoms with Crippen LogP contribution < -0.4 is 10.6 Å². The molecule has 0 aliphatic carbocycles. The Bertz CT molecular complexity index is 1310. The lowest BCUT2D eigenvalue weighted by molar-refractivity contribution is -0.384. The molecule has 4 aromatic rings. The molecule has 2 aromatic heterocycles. The number of amides is 2. The molecule has 0 bridgehead atoms. The maximum Gasteiger partial charge on any atom is 0.322 e. The number of anilines is 2. The molecular weight excluding hydrogens is 434 g/mol. The van der Waals surface area contributed by atoms with Gasteiger partial charge in [-0.2, -0.15) is 0 Å². The molecule has 0 aliphatic rings. The first-order chi connectivity index (χ1) is 15.4. The Morgan fingerprint density at radius 3 is 2.47 bits per heavy atom. The number of aromatic nitrogens is 2.